The lowest BCUT2D eigenvalue weighted by Gasteiger charge is -2.11. The maximum atomic E-state index is 5.10. The van der Waals surface area contributed by atoms with Crippen molar-refractivity contribution in [1.29, 1.82) is 0 Å². The molecule has 22 aromatic rings. The molecule has 107 heavy (non-hydrogen) atoms. The lowest BCUT2D eigenvalue weighted by Crippen LogP contribution is -2.06. The number of rotatable bonds is 9. The Hall–Kier alpha value is -13.9. The number of aromatic nitrogens is 12. The Morgan fingerprint density at radius 2 is 0.589 bits per heavy atom. The number of nitrogens with zero attached hydrogens (tertiary/aromatic N) is 11. The average molecular weight is 1490 g/mol. The Kier molecular flexibility index (Phi) is 15.5. The van der Waals surface area contributed by atoms with Crippen molar-refractivity contribution in [2.24, 2.45) is 0 Å². The van der Waals surface area contributed by atoms with E-state index in [1.165, 1.54) is 52.4 Å². The fourth-order valence-corrected chi connectivity index (χ4v) is 15.8. The van der Waals surface area contributed by atoms with E-state index in [1.807, 2.05) is 140 Å². The smallest absolute Gasteiger partial charge is 0.238 e. The molecule has 14 aromatic carbocycles. The summed E-state index contributed by atoms with van der Waals surface area (Å²) in [5, 5.41) is 11.9. The van der Waals surface area contributed by atoms with Gasteiger partial charge in [0.1, 0.15) is 0 Å². The van der Waals surface area contributed by atoms with Gasteiger partial charge in [0.2, 0.25) is 11.9 Å². The second-order valence-corrected chi connectivity index (χ2v) is 27.7. The number of benzene rings is 14. The molecule has 22 rings (SSSR count). The molecule has 0 fully saturated rings. The highest BCUT2D eigenvalue weighted by molar-refractivity contribution is 14.1. The van der Waals surface area contributed by atoms with Gasteiger partial charge in [-0.1, -0.05) is 243 Å². The van der Waals surface area contributed by atoms with E-state index in [4.69, 9.17) is 29.9 Å². The number of hydrogen-bond donors (Lipinski definition) is 1. The number of H-pyrrole nitrogens is 1. The minimum absolute atomic E-state index is 0.583. The zero-order chi connectivity index (χ0) is 70.9. The van der Waals surface area contributed by atoms with Crippen LogP contribution in [0, 0.1) is 3.57 Å². The van der Waals surface area contributed by atoms with E-state index in [0.717, 1.165) is 99.5 Å². The SMILES string of the molecule is Ic1ccccc1.c1ccc(-c2nc(-c3ccccc3)nc(-n3c4ccccc4c4cc(-n5ccc6c5ccc5c7ccccc7n(-c7ccccc7)c56)ccc43)n2)cc1.c1ccc(-c2nc(-c3ccccc3)nc(-n3c4ccccc4c4cc(-n5ccc6c7[nH]c8ccccc8c7ccc65)ccc43)n2)cc1. The molecule has 0 radical (unpaired) electrons. The molecule has 12 nitrogen and oxygen atoms in total. The van der Waals surface area contributed by atoms with Gasteiger partial charge in [0.15, 0.2) is 23.3 Å². The van der Waals surface area contributed by atoms with Gasteiger partial charge in [-0.25, -0.2) is 9.97 Å². The Morgan fingerprint density at radius 1 is 0.234 bits per heavy atom. The summed E-state index contributed by atoms with van der Waals surface area (Å²) in [7, 11) is 0. The molecular weight excluding hydrogens is 1420 g/mol. The van der Waals surface area contributed by atoms with Gasteiger partial charge in [-0.2, -0.15) is 19.9 Å². The normalized spacial score (nSPS) is 11.6. The second-order valence-electron chi connectivity index (χ2n) is 26.5. The van der Waals surface area contributed by atoms with Gasteiger partial charge in [0.05, 0.1) is 49.7 Å². The van der Waals surface area contributed by atoms with Crippen molar-refractivity contribution in [2.45, 2.75) is 0 Å². The molecular formula is C94H61IN12. The van der Waals surface area contributed by atoms with E-state index in [9.17, 15) is 0 Å². The quantitative estimate of drug-likeness (QED) is 0.144. The van der Waals surface area contributed by atoms with E-state index < -0.39 is 0 Å². The van der Waals surface area contributed by atoms with Gasteiger partial charge in [-0.15, -0.1) is 0 Å². The number of halogens is 1. The summed E-state index contributed by atoms with van der Waals surface area (Å²) < 4.78 is 12.6. The van der Waals surface area contributed by atoms with Gasteiger partial charge in [0, 0.05) is 115 Å². The summed E-state index contributed by atoms with van der Waals surface area (Å²) in [6, 6.07) is 122. The third-order valence-corrected chi connectivity index (χ3v) is 21.0. The first-order valence-corrected chi connectivity index (χ1v) is 36.7. The molecule has 0 amide bonds. The minimum Gasteiger partial charge on any atom is -0.354 e. The van der Waals surface area contributed by atoms with Crippen LogP contribution in [0.5, 0.6) is 0 Å². The summed E-state index contributed by atoms with van der Waals surface area (Å²) >= 11 is 2.28. The van der Waals surface area contributed by atoms with Crippen LogP contribution in [0.3, 0.4) is 0 Å². The molecule has 0 bridgehead atoms. The van der Waals surface area contributed by atoms with Gasteiger partial charge in [-0.3, -0.25) is 9.13 Å². The average Bonchev–Trinajstić information content (AvgIpc) is 1.60. The molecule has 0 aliphatic rings. The lowest BCUT2D eigenvalue weighted by atomic mass is 10.1. The molecule has 8 heterocycles. The van der Waals surface area contributed by atoms with Crippen molar-refractivity contribution in [3.8, 4) is 74.5 Å². The van der Waals surface area contributed by atoms with Crippen molar-refractivity contribution in [2.75, 3.05) is 0 Å². The molecule has 0 unspecified atom stereocenters. The van der Waals surface area contributed by atoms with Crippen LogP contribution in [0.4, 0.5) is 0 Å². The van der Waals surface area contributed by atoms with Crippen LogP contribution < -0.4 is 0 Å². The molecule has 0 saturated heterocycles. The van der Waals surface area contributed by atoms with E-state index in [0.29, 0.717) is 35.2 Å². The van der Waals surface area contributed by atoms with Crippen molar-refractivity contribution in [1.82, 2.24) is 57.7 Å². The van der Waals surface area contributed by atoms with Crippen molar-refractivity contribution in [3.05, 3.63) is 368 Å². The van der Waals surface area contributed by atoms with Gasteiger partial charge >= 0.3 is 0 Å². The van der Waals surface area contributed by atoms with E-state index >= 15 is 0 Å². The second kappa shape index (κ2) is 26.4. The summed E-state index contributed by atoms with van der Waals surface area (Å²) in [5.41, 5.74) is 18.3. The summed E-state index contributed by atoms with van der Waals surface area (Å²) in [4.78, 5) is 33.8. The number of fused-ring (bicyclic) bond motifs is 16. The summed E-state index contributed by atoms with van der Waals surface area (Å²) in [6.07, 6.45) is 4.36. The van der Waals surface area contributed by atoms with Crippen LogP contribution >= 0.6 is 22.6 Å². The van der Waals surface area contributed by atoms with Crippen LogP contribution in [-0.2, 0) is 0 Å². The molecule has 0 spiro atoms. The van der Waals surface area contributed by atoms with Gasteiger partial charge < -0.3 is 18.7 Å². The molecule has 8 aromatic heterocycles. The predicted molar refractivity (Wildman–Crippen MR) is 447 cm³/mol. The minimum atomic E-state index is 0.583. The topological polar surface area (TPSA) is 118 Å². The van der Waals surface area contributed by atoms with Crippen molar-refractivity contribution >= 4 is 132 Å². The highest BCUT2D eigenvalue weighted by Gasteiger charge is 2.23. The highest BCUT2D eigenvalue weighted by Crippen LogP contribution is 2.41. The first-order chi connectivity index (χ1) is 53.0. The maximum absolute atomic E-state index is 5.10. The molecule has 0 saturated carbocycles. The molecule has 0 aliphatic carbocycles. The first-order valence-electron chi connectivity index (χ1n) is 35.6. The number of para-hydroxylation sites is 5. The van der Waals surface area contributed by atoms with Crippen molar-refractivity contribution < 1.29 is 0 Å². The predicted octanol–water partition coefficient (Wildman–Crippen LogP) is 23.5. The van der Waals surface area contributed by atoms with E-state index in [2.05, 4.69) is 275 Å². The zero-order valence-corrected chi connectivity index (χ0v) is 59.6. The van der Waals surface area contributed by atoms with Crippen LogP contribution in [0.1, 0.15) is 0 Å². The number of aromatic amines is 1. The zero-order valence-electron chi connectivity index (χ0n) is 57.4. The summed E-state index contributed by atoms with van der Waals surface area (Å²) in [6.45, 7) is 0. The molecule has 13 heteroatoms. The molecule has 0 atom stereocenters. The Labute approximate surface area is 627 Å². The fourth-order valence-electron chi connectivity index (χ4n) is 15.4. The third kappa shape index (κ3) is 11.1. The standard InChI is InChI=1S/C47H30N6.C41H26N6.C6H5I/c1-4-14-31(15-5-1)45-48-46(32-16-6-2-7-17-32)50-47(49-45)53-42-23-13-11-21-36(42)39-30-34(24-26-43(39)53)51-29-28-38-40(51)27-25-37-35-20-10-12-22-41(35)52(44(37)38)33-18-8-3-9-19-33;1-3-11-26(12-4-1)39-43-40(27-13-5-2-6-14-27)45-41(44-39)47-36-18-10-8-16-30(36)33-25-28(19-21-37(33)47)46-24-23-32-35(46)22-20-31-29-15-7-9-17-34(29)42-38(31)32;7-6-4-2-1-3-5-6/h1-30H;1-25,42H;1-5H. The molecule has 0 aliphatic heterocycles. The van der Waals surface area contributed by atoms with Gasteiger partial charge in [0.25, 0.3) is 0 Å². The van der Waals surface area contributed by atoms with Crippen LogP contribution in [-0.4, -0.2) is 57.7 Å². The Bertz CT molecular complexity index is 7010. The van der Waals surface area contributed by atoms with Crippen molar-refractivity contribution in [3.63, 3.8) is 0 Å². The third-order valence-electron chi connectivity index (χ3n) is 20.2. The van der Waals surface area contributed by atoms with Gasteiger partial charge in [-0.05, 0) is 132 Å². The largest absolute Gasteiger partial charge is 0.354 e. The number of nitrogens with one attached hydrogen (secondary N) is 1. The van der Waals surface area contributed by atoms with Crippen LogP contribution in [0.15, 0.2) is 364 Å². The Morgan fingerprint density at radius 3 is 1.05 bits per heavy atom. The van der Waals surface area contributed by atoms with Crippen LogP contribution in [0.2, 0.25) is 0 Å². The first kappa shape index (κ1) is 62.9. The lowest BCUT2D eigenvalue weighted by molar-refractivity contribution is 0.953. The summed E-state index contributed by atoms with van der Waals surface area (Å²) in [5.74, 6) is 3.71. The number of hydrogen-bond acceptors (Lipinski definition) is 6. The van der Waals surface area contributed by atoms with E-state index in [1.54, 1.807) is 0 Å². The van der Waals surface area contributed by atoms with E-state index in [-0.39, 0.29) is 0 Å². The molecule has 504 valence electrons. The molecule has 1 N–H and O–H groups in total. The fraction of sp³-hybridized carbons (Fsp3) is 0. The van der Waals surface area contributed by atoms with Crippen LogP contribution in [0.25, 0.3) is 184 Å². The highest BCUT2D eigenvalue weighted by atomic mass is 127. The maximum Gasteiger partial charge on any atom is 0.238 e. The Balaban J connectivity index is 0.000000130. The monoisotopic (exact) mass is 1480 g/mol.